The summed E-state index contributed by atoms with van der Waals surface area (Å²) in [7, 11) is 3.88. The second-order valence-electron chi connectivity index (χ2n) is 7.82. The number of likely N-dealkylation sites (tertiary alicyclic amines) is 2. The third-order valence-electron chi connectivity index (χ3n) is 5.73. The van der Waals surface area contributed by atoms with E-state index < -0.39 is 0 Å². The van der Waals surface area contributed by atoms with E-state index in [1.165, 1.54) is 12.8 Å². The summed E-state index contributed by atoms with van der Waals surface area (Å²) in [5.74, 6) is 1.12. The molecule has 1 unspecified atom stereocenters. The highest BCUT2D eigenvalue weighted by atomic mass is 16.2. The average molecular weight is 345 g/mol. The molecule has 0 bridgehead atoms. The monoisotopic (exact) mass is 345 g/mol. The number of amides is 2. The summed E-state index contributed by atoms with van der Waals surface area (Å²) in [5, 5.41) is 0. The van der Waals surface area contributed by atoms with Crippen LogP contribution in [0.3, 0.4) is 0 Å². The van der Waals surface area contributed by atoms with Gasteiger partial charge in [0.05, 0.1) is 24.2 Å². The van der Waals surface area contributed by atoms with Crippen LogP contribution in [-0.2, 0) is 29.1 Å². The van der Waals surface area contributed by atoms with Crippen molar-refractivity contribution in [2.24, 2.45) is 5.92 Å². The topological polar surface area (TPSA) is 61.7 Å². The molecule has 2 amide bonds. The Balaban J connectivity index is 1.36. The van der Waals surface area contributed by atoms with Gasteiger partial charge in [0.2, 0.25) is 11.8 Å². The lowest BCUT2D eigenvalue weighted by molar-refractivity contribution is -0.135. The molecule has 0 N–H and O–H groups in total. The lowest BCUT2D eigenvalue weighted by atomic mass is 10.1. The molecule has 136 valence electrons. The number of hydrogen-bond acceptors (Lipinski definition) is 4. The van der Waals surface area contributed by atoms with Gasteiger partial charge in [-0.1, -0.05) is 0 Å². The van der Waals surface area contributed by atoms with Crippen molar-refractivity contribution in [3.05, 3.63) is 17.7 Å². The number of fused-ring (bicyclic) bond motifs is 1. The number of hydrogen-bond donors (Lipinski definition) is 0. The average Bonchev–Trinajstić information content (AvgIpc) is 3.13. The standard InChI is InChI=1S/C18H27N5O2/c1-20-11-15(12-20)23-8-13(7-17(23)24)18(25)21(2)9-14-10-22-6-4-3-5-16(22)19-14/h10,13,15H,3-9,11-12H2,1-2H3. The Morgan fingerprint density at radius 2 is 2.12 bits per heavy atom. The van der Waals surface area contributed by atoms with Crippen LogP contribution in [-0.4, -0.2) is 75.8 Å². The van der Waals surface area contributed by atoms with Crippen LogP contribution in [0, 0.1) is 5.92 Å². The number of aryl methyl sites for hydroxylation is 2. The van der Waals surface area contributed by atoms with Crippen molar-refractivity contribution in [2.45, 2.75) is 44.8 Å². The molecule has 25 heavy (non-hydrogen) atoms. The molecule has 1 aromatic rings. The van der Waals surface area contributed by atoms with Gasteiger partial charge in [0.1, 0.15) is 5.82 Å². The second kappa shape index (κ2) is 6.44. The minimum Gasteiger partial charge on any atom is -0.339 e. The van der Waals surface area contributed by atoms with E-state index in [1.807, 2.05) is 11.9 Å². The van der Waals surface area contributed by atoms with E-state index in [2.05, 4.69) is 27.7 Å². The molecule has 0 aromatic carbocycles. The minimum absolute atomic E-state index is 0.0644. The van der Waals surface area contributed by atoms with Crippen molar-refractivity contribution in [3.63, 3.8) is 0 Å². The first-order chi connectivity index (χ1) is 12.0. The Labute approximate surface area is 148 Å². The first kappa shape index (κ1) is 16.6. The van der Waals surface area contributed by atoms with Crippen LogP contribution in [0.15, 0.2) is 6.20 Å². The summed E-state index contributed by atoms with van der Waals surface area (Å²) >= 11 is 0. The van der Waals surface area contributed by atoms with E-state index in [0.717, 1.165) is 37.6 Å². The third kappa shape index (κ3) is 3.17. The van der Waals surface area contributed by atoms with Crippen molar-refractivity contribution < 1.29 is 9.59 Å². The Morgan fingerprint density at radius 3 is 2.84 bits per heavy atom. The zero-order valence-corrected chi connectivity index (χ0v) is 15.1. The van der Waals surface area contributed by atoms with Gasteiger partial charge in [0.15, 0.2) is 0 Å². The van der Waals surface area contributed by atoms with E-state index in [4.69, 9.17) is 0 Å². The number of carbonyl (C=O) groups excluding carboxylic acids is 2. The summed E-state index contributed by atoms with van der Waals surface area (Å²) in [4.78, 5) is 35.6. The molecule has 3 aliphatic heterocycles. The molecule has 4 rings (SSSR count). The Hall–Kier alpha value is -1.89. The van der Waals surface area contributed by atoms with Crippen molar-refractivity contribution in [1.29, 1.82) is 0 Å². The van der Waals surface area contributed by atoms with Crippen LogP contribution in [0.25, 0.3) is 0 Å². The molecule has 3 aliphatic rings. The molecule has 1 atom stereocenters. The molecule has 0 radical (unpaired) electrons. The van der Waals surface area contributed by atoms with E-state index in [0.29, 0.717) is 25.6 Å². The van der Waals surface area contributed by atoms with Gasteiger partial charge in [-0.2, -0.15) is 0 Å². The first-order valence-electron chi connectivity index (χ1n) is 9.29. The fraction of sp³-hybridized carbons (Fsp3) is 0.722. The number of likely N-dealkylation sites (N-methyl/N-ethyl adjacent to an activating group) is 1. The maximum absolute atomic E-state index is 12.8. The lowest BCUT2D eigenvalue weighted by Crippen LogP contribution is -2.58. The second-order valence-corrected chi connectivity index (χ2v) is 7.82. The SMILES string of the molecule is CN1CC(N2CC(C(=O)N(C)Cc3cn4c(n3)CCCC4)CC2=O)C1. The van der Waals surface area contributed by atoms with Gasteiger partial charge in [-0.15, -0.1) is 0 Å². The van der Waals surface area contributed by atoms with Crippen LogP contribution in [0.4, 0.5) is 0 Å². The number of aromatic nitrogens is 2. The summed E-state index contributed by atoms with van der Waals surface area (Å²) in [6, 6.07) is 0.292. The van der Waals surface area contributed by atoms with Crippen LogP contribution in [0.1, 0.15) is 30.8 Å². The molecular formula is C18H27N5O2. The smallest absolute Gasteiger partial charge is 0.228 e. The quantitative estimate of drug-likeness (QED) is 0.790. The number of carbonyl (C=O) groups is 2. The van der Waals surface area contributed by atoms with E-state index >= 15 is 0 Å². The Morgan fingerprint density at radius 1 is 1.32 bits per heavy atom. The zero-order chi connectivity index (χ0) is 17.6. The lowest BCUT2D eigenvalue weighted by Gasteiger charge is -2.42. The van der Waals surface area contributed by atoms with Gasteiger partial charge in [-0.3, -0.25) is 9.59 Å². The maximum atomic E-state index is 12.8. The van der Waals surface area contributed by atoms with Gasteiger partial charge in [-0.25, -0.2) is 4.98 Å². The van der Waals surface area contributed by atoms with Crippen LogP contribution in [0.2, 0.25) is 0 Å². The van der Waals surface area contributed by atoms with Crippen LogP contribution in [0.5, 0.6) is 0 Å². The molecule has 2 saturated heterocycles. The highest BCUT2D eigenvalue weighted by Crippen LogP contribution is 2.26. The Kier molecular flexibility index (Phi) is 4.27. The zero-order valence-electron chi connectivity index (χ0n) is 15.1. The summed E-state index contributed by atoms with van der Waals surface area (Å²) < 4.78 is 2.21. The maximum Gasteiger partial charge on any atom is 0.228 e. The van der Waals surface area contributed by atoms with Crippen molar-refractivity contribution in [1.82, 2.24) is 24.3 Å². The number of rotatable bonds is 4. The predicted molar refractivity (Wildman–Crippen MR) is 92.7 cm³/mol. The number of imidazole rings is 1. The summed E-state index contributed by atoms with van der Waals surface area (Å²) in [5.41, 5.74) is 0.953. The largest absolute Gasteiger partial charge is 0.339 e. The van der Waals surface area contributed by atoms with Crippen molar-refractivity contribution in [2.75, 3.05) is 33.7 Å². The van der Waals surface area contributed by atoms with E-state index in [-0.39, 0.29) is 17.7 Å². The minimum atomic E-state index is -0.208. The van der Waals surface area contributed by atoms with E-state index in [1.54, 1.807) is 4.90 Å². The highest BCUT2D eigenvalue weighted by molar-refractivity contribution is 5.89. The molecule has 4 heterocycles. The van der Waals surface area contributed by atoms with Crippen LogP contribution < -0.4 is 0 Å². The fourth-order valence-electron chi connectivity index (χ4n) is 4.29. The van der Waals surface area contributed by atoms with Crippen LogP contribution >= 0.6 is 0 Å². The molecule has 2 fully saturated rings. The first-order valence-corrected chi connectivity index (χ1v) is 9.29. The van der Waals surface area contributed by atoms with Gasteiger partial charge < -0.3 is 19.3 Å². The fourth-order valence-corrected chi connectivity index (χ4v) is 4.29. The van der Waals surface area contributed by atoms with Crippen molar-refractivity contribution >= 4 is 11.8 Å². The summed E-state index contributed by atoms with van der Waals surface area (Å²) in [6.45, 7) is 3.96. The summed E-state index contributed by atoms with van der Waals surface area (Å²) in [6.07, 6.45) is 5.85. The van der Waals surface area contributed by atoms with Gasteiger partial charge in [-0.05, 0) is 19.9 Å². The normalized spacial score (nSPS) is 24.3. The molecule has 1 aromatic heterocycles. The van der Waals surface area contributed by atoms with Crippen molar-refractivity contribution in [3.8, 4) is 0 Å². The molecular weight excluding hydrogens is 318 g/mol. The van der Waals surface area contributed by atoms with E-state index in [9.17, 15) is 9.59 Å². The predicted octanol–water partition coefficient (Wildman–Crippen LogP) is 0.340. The Bertz CT molecular complexity index is 656. The van der Waals surface area contributed by atoms with Gasteiger partial charge in [0.25, 0.3) is 0 Å². The highest BCUT2D eigenvalue weighted by Gasteiger charge is 2.42. The number of nitrogens with zero attached hydrogens (tertiary/aromatic N) is 5. The molecule has 7 nitrogen and oxygen atoms in total. The molecule has 0 aliphatic carbocycles. The molecule has 7 heteroatoms. The van der Waals surface area contributed by atoms with Gasteiger partial charge >= 0.3 is 0 Å². The third-order valence-corrected chi connectivity index (χ3v) is 5.73. The molecule has 0 spiro atoms. The molecule has 0 saturated carbocycles. The van der Waals surface area contributed by atoms with Gasteiger partial charge in [0, 0.05) is 52.3 Å².